The number of methoxy groups -OCH3 is 1. The summed E-state index contributed by atoms with van der Waals surface area (Å²) in [6, 6.07) is 7.95. The molecule has 7 nitrogen and oxygen atoms in total. The van der Waals surface area contributed by atoms with Crippen LogP contribution in [0.3, 0.4) is 0 Å². The van der Waals surface area contributed by atoms with Gasteiger partial charge >= 0.3 is 6.09 Å². The fourth-order valence-electron chi connectivity index (χ4n) is 4.83. The molecule has 8 heteroatoms. The number of halogens is 1. The van der Waals surface area contributed by atoms with Crippen LogP contribution in [-0.2, 0) is 9.53 Å². The molecule has 3 aliphatic rings. The van der Waals surface area contributed by atoms with Gasteiger partial charge in [0, 0.05) is 22.6 Å². The summed E-state index contributed by atoms with van der Waals surface area (Å²) in [7, 11) is 1.29. The molecule has 2 amide bonds. The Hall–Kier alpha value is -2.48. The molecule has 1 aliphatic heterocycles. The highest BCUT2D eigenvalue weighted by molar-refractivity contribution is 9.10. The standard InChI is InChI=1S/C22H27BrN4O3/c1-12(2)27(26-22(29)30-3)21(28)19-15-5-4-14(10-15)18(19)20-24-11-17(25-20)13-6-8-16(23)9-7-13/h4-9,11-12,14-15,18-20,24-25H,10H2,1-3H3,(H,26,29). The number of allylic oxidation sites excluding steroid dienone is 2. The summed E-state index contributed by atoms with van der Waals surface area (Å²) in [6.45, 7) is 3.76. The summed E-state index contributed by atoms with van der Waals surface area (Å²) < 4.78 is 5.74. The highest BCUT2D eigenvalue weighted by Gasteiger charge is 2.53. The van der Waals surface area contributed by atoms with Gasteiger partial charge in [-0.05, 0) is 49.8 Å². The van der Waals surface area contributed by atoms with Crippen molar-refractivity contribution in [3.63, 3.8) is 0 Å². The first-order valence-electron chi connectivity index (χ1n) is 10.2. The van der Waals surface area contributed by atoms with E-state index in [-0.39, 0.29) is 35.9 Å². The van der Waals surface area contributed by atoms with Crippen LogP contribution in [0.5, 0.6) is 0 Å². The highest BCUT2D eigenvalue weighted by Crippen LogP contribution is 2.50. The van der Waals surface area contributed by atoms with E-state index in [1.807, 2.05) is 32.2 Å². The molecule has 1 heterocycles. The van der Waals surface area contributed by atoms with Gasteiger partial charge in [-0.15, -0.1) is 0 Å². The lowest BCUT2D eigenvalue weighted by Crippen LogP contribution is -2.56. The third-order valence-corrected chi connectivity index (χ3v) is 6.74. The monoisotopic (exact) mass is 474 g/mol. The number of rotatable bonds is 4. The Bertz CT molecular complexity index is 883. The third kappa shape index (κ3) is 3.80. The molecule has 0 saturated heterocycles. The van der Waals surface area contributed by atoms with Gasteiger partial charge in [-0.1, -0.05) is 40.2 Å². The molecule has 5 atom stereocenters. The Labute approximate surface area is 185 Å². The Morgan fingerprint density at radius 3 is 2.57 bits per heavy atom. The Morgan fingerprint density at radius 2 is 1.90 bits per heavy atom. The smallest absolute Gasteiger partial charge is 0.425 e. The molecule has 0 spiro atoms. The van der Waals surface area contributed by atoms with E-state index >= 15 is 0 Å². The molecule has 1 fully saturated rings. The number of ether oxygens (including phenoxy) is 1. The number of hydrazine groups is 1. The van der Waals surface area contributed by atoms with E-state index in [9.17, 15) is 9.59 Å². The van der Waals surface area contributed by atoms with Crippen molar-refractivity contribution in [3.8, 4) is 0 Å². The van der Waals surface area contributed by atoms with Gasteiger partial charge < -0.3 is 15.4 Å². The predicted octanol–water partition coefficient (Wildman–Crippen LogP) is 3.21. The molecule has 5 unspecified atom stereocenters. The zero-order valence-corrected chi connectivity index (χ0v) is 18.8. The van der Waals surface area contributed by atoms with Crippen LogP contribution in [0.25, 0.3) is 5.70 Å². The average molecular weight is 475 g/mol. The Kier molecular flexibility index (Phi) is 5.77. The molecule has 30 heavy (non-hydrogen) atoms. The zero-order chi connectivity index (χ0) is 21.4. The van der Waals surface area contributed by atoms with E-state index in [0.29, 0.717) is 5.92 Å². The zero-order valence-electron chi connectivity index (χ0n) is 17.3. The molecule has 2 aliphatic carbocycles. The number of nitrogens with zero attached hydrogens (tertiary/aromatic N) is 1. The molecule has 1 aromatic rings. The first-order valence-corrected chi connectivity index (χ1v) is 11.0. The predicted molar refractivity (Wildman–Crippen MR) is 117 cm³/mol. The van der Waals surface area contributed by atoms with E-state index in [0.717, 1.165) is 22.2 Å². The van der Waals surface area contributed by atoms with E-state index < -0.39 is 6.09 Å². The molecule has 2 bridgehead atoms. The molecular formula is C22H27BrN4O3. The third-order valence-electron chi connectivity index (χ3n) is 6.21. The van der Waals surface area contributed by atoms with Gasteiger partial charge in [-0.2, -0.15) is 0 Å². The van der Waals surface area contributed by atoms with Gasteiger partial charge in [0.05, 0.1) is 18.7 Å². The van der Waals surface area contributed by atoms with E-state index in [1.165, 1.54) is 12.1 Å². The van der Waals surface area contributed by atoms with E-state index in [2.05, 4.69) is 56.3 Å². The summed E-state index contributed by atoms with van der Waals surface area (Å²) in [4.78, 5) is 25.3. The van der Waals surface area contributed by atoms with Crippen LogP contribution in [0.2, 0.25) is 0 Å². The largest absolute Gasteiger partial charge is 0.452 e. The average Bonchev–Trinajstić information content (AvgIpc) is 3.47. The normalized spacial score (nSPS) is 28.7. The van der Waals surface area contributed by atoms with Gasteiger partial charge in [0.2, 0.25) is 5.91 Å². The van der Waals surface area contributed by atoms with Crippen molar-refractivity contribution in [3.05, 3.63) is 52.7 Å². The number of benzene rings is 1. The quantitative estimate of drug-likeness (QED) is 0.460. The maximum atomic E-state index is 13.5. The van der Waals surface area contributed by atoms with Crippen LogP contribution < -0.4 is 16.1 Å². The first-order chi connectivity index (χ1) is 14.4. The van der Waals surface area contributed by atoms with Gasteiger partial charge in [0.25, 0.3) is 0 Å². The fourth-order valence-corrected chi connectivity index (χ4v) is 5.10. The minimum absolute atomic E-state index is 0.0512. The maximum Gasteiger partial charge on any atom is 0.425 e. The van der Waals surface area contributed by atoms with Crippen LogP contribution in [0.15, 0.2) is 47.1 Å². The van der Waals surface area contributed by atoms with Gasteiger partial charge in [-0.25, -0.2) is 15.2 Å². The van der Waals surface area contributed by atoms with Gasteiger partial charge in [0.15, 0.2) is 0 Å². The molecule has 160 valence electrons. The number of fused-ring (bicyclic) bond motifs is 2. The second-order valence-electron chi connectivity index (χ2n) is 8.31. The number of nitrogens with one attached hydrogen (secondary N) is 3. The lowest BCUT2D eigenvalue weighted by atomic mass is 9.80. The van der Waals surface area contributed by atoms with Crippen molar-refractivity contribution in [2.75, 3.05) is 7.11 Å². The number of hydrogen-bond acceptors (Lipinski definition) is 5. The summed E-state index contributed by atoms with van der Waals surface area (Å²) in [5.41, 5.74) is 4.70. The van der Waals surface area contributed by atoms with Crippen molar-refractivity contribution in [2.24, 2.45) is 23.7 Å². The molecule has 4 rings (SSSR count). The van der Waals surface area contributed by atoms with E-state index in [4.69, 9.17) is 4.74 Å². The lowest BCUT2D eigenvalue weighted by molar-refractivity contribution is -0.143. The van der Waals surface area contributed by atoms with Crippen LogP contribution in [-0.4, -0.2) is 36.3 Å². The van der Waals surface area contributed by atoms with Crippen molar-refractivity contribution in [1.82, 2.24) is 21.1 Å². The highest BCUT2D eigenvalue weighted by atomic mass is 79.9. The van der Waals surface area contributed by atoms with Crippen molar-refractivity contribution in [2.45, 2.75) is 32.5 Å². The Morgan fingerprint density at radius 1 is 1.20 bits per heavy atom. The number of carbonyl (C=O) groups excluding carboxylic acids is 2. The summed E-state index contributed by atoms with van der Waals surface area (Å²) >= 11 is 3.47. The first kappa shape index (κ1) is 20.8. The van der Waals surface area contributed by atoms with Gasteiger partial charge in [0.1, 0.15) is 6.17 Å². The Balaban J connectivity index is 1.53. The molecule has 0 radical (unpaired) electrons. The number of amides is 2. The van der Waals surface area contributed by atoms with Crippen LogP contribution in [0.1, 0.15) is 25.8 Å². The molecule has 3 N–H and O–H groups in total. The van der Waals surface area contributed by atoms with Crippen LogP contribution in [0.4, 0.5) is 4.79 Å². The van der Waals surface area contributed by atoms with Crippen molar-refractivity contribution >= 4 is 33.6 Å². The maximum absolute atomic E-state index is 13.5. The minimum Gasteiger partial charge on any atom is -0.452 e. The fraction of sp³-hybridized carbons (Fsp3) is 0.455. The summed E-state index contributed by atoms with van der Waals surface area (Å²) in [6.07, 6.45) is 6.64. The van der Waals surface area contributed by atoms with Crippen molar-refractivity contribution < 1.29 is 14.3 Å². The molecule has 1 aromatic carbocycles. The van der Waals surface area contributed by atoms with E-state index in [1.54, 1.807) is 0 Å². The van der Waals surface area contributed by atoms with Crippen LogP contribution >= 0.6 is 15.9 Å². The second-order valence-corrected chi connectivity index (χ2v) is 9.23. The molecule has 0 aromatic heterocycles. The molecular weight excluding hydrogens is 448 g/mol. The SMILES string of the molecule is COC(=O)NN(C(=O)C1C2C=CC(C2)C1C1NC=C(c2ccc(Br)cc2)N1)C(C)C. The topological polar surface area (TPSA) is 82.7 Å². The van der Waals surface area contributed by atoms with Crippen molar-refractivity contribution in [1.29, 1.82) is 0 Å². The van der Waals surface area contributed by atoms with Crippen LogP contribution in [0, 0.1) is 23.7 Å². The summed E-state index contributed by atoms with van der Waals surface area (Å²) in [5.74, 6) is 0.282. The summed E-state index contributed by atoms with van der Waals surface area (Å²) in [5, 5.41) is 8.44. The second kappa shape index (κ2) is 8.34. The number of carbonyl (C=O) groups is 2. The van der Waals surface area contributed by atoms with Gasteiger partial charge in [-0.3, -0.25) is 4.79 Å². The lowest BCUT2D eigenvalue weighted by Gasteiger charge is -2.37. The number of hydrogen-bond donors (Lipinski definition) is 3. The molecule has 1 saturated carbocycles. The minimum atomic E-state index is -0.636.